The quantitative estimate of drug-likeness (QED) is 0.492. The zero-order chi connectivity index (χ0) is 21.7. The predicted octanol–water partition coefficient (Wildman–Crippen LogP) is 7.24. The molecule has 4 aliphatic rings. The van der Waals surface area contributed by atoms with Gasteiger partial charge in [-0.2, -0.15) is 0 Å². The molecule has 4 aliphatic carbocycles. The minimum absolute atomic E-state index is 0.104. The van der Waals surface area contributed by atoms with Crippen LogP contribution in [0, 0.1) is 46.3 Å². The number of hydrogen-bond donors (Lipinski definition) is 1. The van der Waals surface area contributed by atoms with E-state index in [4.69, 9.17) is 4.74 Å². The van der Waals surface area contributed by atoms with E-state index in [-0.39, 0.29) is 11.5 Å². The van der Waals surface area contributed by atoms with Crippen LogP contribution < -0.4 is 0 Å². The molecule has 1 N–H and O–H groups in total. The van der Waals surface area contributed by atoms with E-state index >= 15 is 0 Å². The van der Waals surface area contributed by atoms with Crippen LogP contribution in [0.4, 0.5) is 0 Å². The molecule has 4 fully saturated rings. The Morgan fingerprint density at radius 3 is 2.37 bits per heavy atom. The van der Waals surface area contributed by atoms with E-state index in [1.165, 1.54) is 51.4 Å². The topological polar surface area (TPSA) is 29.5 Å². The molecule has 0 aromatic carbocycles. The SMILES string of the molecule is CO[C@@H]1CC[C@]2(C)[C@H]3CC[C@]4(C)[C@@H]([C@H](C)CCCC(C)C)CC[C@H]4[C@@H]3CC[C@@]2(O)C1. The summed E-state index contributed by atoms with van der Waals surface area (Å²) in [4.78, 5) is 0. The molecule has 0 heterocycles. The van der Waals surface area contributed by atoms with Crippen molar-refractivity contribution in [2.24, 2.45) is 46.3 Å². The van der Waals surface area contributed by atoms with Crippen molar-refractivity contribution in [3.8, 4) is 0 Å². The van der Waals surface area contributed by atoms with E-state index in [9.17, 15) is 5.11 Å². The highest BCUT2D eigenvalue weighted by atomic mass is 16.5. The maximum absolute atomic E-state index is 11.8. The van der Waals surface area contributed by atoms with Crippen LogP contribution in [-0.4, -0.2) is 23.9 Å². The van der Waals surface area contributed by atoms with Crippen LogP contribution in [-0.2, 0) is 4.74 Å². The van der Waals surface area contributed by atoms with Gasteiger partial charge in [0.2, 0.25) is 0 Å². The zero-order valence-electron chi connectivity index (χ0n) is 20.9. The lowest BCUT2D eigenvalue weighted by Gasteiger charge is -2.64. The first-order valence-corrected chi connectivity index (χ1v) is 13.4. The molecule has 4 rings (SSSR count). The highest BCUT2D eigenvalue weighted by Crippen LogP contribution is 2.69. The van der Waals surface area contributed by atoms with Gasteiger partial charge in [-0.1, -0.05) is 53.9 Å². The molecule has 30 heavy (non-hydrogen) atoms. The van der Waals surface area contributed by atoms with Gasteiger partial charge < -0.3 is 9.84 Å². The smallest absolute Gasteiger partial charge is 0.0728 e. The fraction of sp³-hybridized carbons (Fsp3) is 1.00. The third kappa shape index (κ3) is 3.60. The van der Waals surface area contributed by atoms with Crippen molar-refractivity contribution in [1.82, 2.24) is 0 Å². The minimum atomic E-state index is -0.497. The standard InChI is InChI=1S/C28H50O2/c1-19(2)8-7-9-20(3)23-10-11-24-22-13-17-28(29)18-21(30-6)12-16-27(28,5)25(22)14-15-26(23,24)4/h19-25,29H,7-18H2,1-6H3/t20-,21-,22+,23-,24+,25+,26-,27-,28-/m1/s1. The van der Waals surface area contributed by atoms with Gasteiger partial charge in [0.25, 0.3) is 0 Å². The summed E-state index contributed by atoms with van der Waals surface area (Å²) in [5.41, 5.74) is 0.157. The maximum atomic E-state index is 11.8. The summed E-state index contributed by atoms with van der Waals surface area (Å²) in [5.74, 6) is 5.12. The summed E-state index contributed by atoms with van der Waals surface area (Å²) in [6.45, 7) is 12.4. The molecule has 0 spiro atoms. The van der Waals surface area contributed by atoms with Gasteiger partial charge in [-0.05, 0) is 97.7 Å². The molecule has 4 saturated carbocycles. The normalized spacial score (nSPS) is 49.4. The molecule has 2 nitrogen and oxygen atoms in total. The van der Waals surface area contributed by atoms with Gasteiger partial charge in [0, 0.05) is 13.5 Å². The van der Waals surface area contributed by atoms with Crippen molar-refractivity contribution in [2.75, 3.05) is 7.11 Å². The summed E-state index contributed by atoms with van der Waals surface area (Å²) in [6, 6.07) is 0. The lowest BCUT2D eigenvalue weighted by Crippen LogP contribution is -2.63. The van der Waals surface area contributed by atoms with E-state index in [0.717, 1.165) is 61.2 Å². The molecule has 0 aromatic heterocycles. The van der Waals surface area contributed by atoms with Crippen LogP contribution in [0.5, 0.6) is 0 Å². The highest BCUT2D eigenvalue weighted by Gasteiger charge is 2.64. The zero-order valence-corrected chi connectivity index (χ0v) is 20.9. The Bertz CT molecular complexity index is 601. The molecule has 0 bridgehead atoms. The van der Waals surface area contributed by atoms with Crippen LogP contribution in [0.3, 0.4) is 0 Å². The summed E-state index contributed by atoms with van der Waals surface area (Å²) < 4.78 is 5.70. The molecule has 0 unspecified atom stereocenters. The molecule has 0 radical (unpaired) electrons. The van der Waals surface area contributed by atoms with E-state index < -0.39 is 5.60 Å². The fourth-order valence-electron chi connectivity index (χ4n) is 9.44. The second-order valence-electron chi connectivity index (χ2n) is 13.0. The van der Waals surface area contributed by atoms with Gasteiger partial charge in [0.15, 0.2) is 0 Å². The number of ether oxygens (including phenoxy) is 1. The first-order valence-electron chi connectivity index (χ1n) is 13.4. The highest BCUT2D eigenvalue weighted by molar-refractivity contribution is 5.14. The molecule has 9 atom stereocenters. The van der Waals surface area contributed by atoms with E-state index in [0.29, 0.717) is 5.41 Å². The van der Waals surface area contributed by atoms with E-state index in [2.05, 4.69) is 34.6 Å². The number of aliphatic hydroxyl groups is 1. The number of rotatable bonds is 6. The number of methoxy groups -OCH3 is 1. The van der Waals surface area contributed by atoms with Gasteiger partial charge in [0.05, 0.1) is 11.7 Å². The van der Waals surface area contributed by atoms with Gasteiger partial charge in [-0.15, -0.1) is 0 Å². The van der Waals surface area contributed by atoms with Crippen molar-refractivity contribution in [1.29, 1.82) is 0 Å². The van der Waals surface area contributed by atoms with E-state index in [1.54, 1.807) is 0 Å². The van der Waals surface area contributed by atoms with Gasteiger partial charge in [-0.25, -0.2) is 0 Å². The van der Waals surface area contributed by atoms with Crippen molar-refractivity contribution in [3.05, 3.63) is 0 Å². The first kappa shape index (κ1) is 23.1. The van der Waals surface area contributed by atoms with Crippen LogP contribution >= 0.6 is 0 Å². The van der Waals surface area contributed by atoms with Crippen LogP contribution in [0.1, 0.15) is 112 Å². The second kappa shape index (κ2) is 8.36. The average molecular weight is 419 g/mol. The largest absolute Gasteiger partial charge is 0.389 e. The Kier molecular flexibility index (Phi) is 6.44. The third-order valence-corrected chi connectivity index (χ3v) is 11.3. The molecule has 0 saturated heterocycles. The summed E-state index contributed by atoms with van der Waals surface area (Å²) >= 11 is 0. The molecule has 174 valence electrons. The summed E-state index contributed by atoms with van der Waals surface area (Å²) in [7, 11) is 1.83. The lowest BCUT2D eigenvalue weighted by atomic mass is 9.43. The average Bonchev–Trinajstić information content (AvgIpc) is 3.05. The van der Waals surface area contributed by atoms with Gasteiger partial charge in [0.1, 0.15) is 0 Å². The summed E-state index contributed by atoms with van der Waals surface area (Å²) in [5, 5.41) is 11.8. The van der Waals surface area contributed by atoms with Crippen molar-refractivity contribution >= 4 is 0 Å². The lowest BCUT2D eigenvalue weighted by molar-refractivity contribution is -0.222. The minimum Gasteiger partial charge on any atom is -0.389 e. The predicted molar refractivity (Wildman–Crippen MR) is 125 cm³/mol. The van der Waals surface area contributed by atoms with E-state index in [1.807, 2.05) is 7.11 Å². The van der Waals surface area contributed by atoms with Crippen LogP contribution in [0.25, 0.3) is 0 Å². The van der Waals surface area contributed by atoms with Crippen LogP contribution in [0.15, 0.2) is 0 Å². The molecular formula is C28H50O2. The van der Waals surface area contributed by atoms with Crippen molar-refractivity contribution in [3.63, 3.8) is 0 Å². The Hall–Kier alpha value is -0.0800. The summed E-state index contributed by atoms with van der Waals surface area (Å²) in [6.07, 6.45) is 15.6. The fourth-order valence-corrected chi connectivity index (χ4v) is 9.44. The van der Waals surface area contributed by atoms with Crippen LogP contribution in [0.2, 0.25) is 0 Å². The monoisotopic (exact) mass is 418 g/mol. The van der Waals surface area contributed by atoms with Crippen molar-refractivity contribution < 1.29 is 9.84 Å². The Balaban J connectivity index is 1.48. The van der Waals surface area contributed by atoms with Gasteiger partial charge in [-0.3, -0.25) is 0 Å². The Labute approximate surface area is 186 Å². The third-order valence-electron chi connectivity index (χ3n) is 11.3. The van der Waals surface area contributed by atoms with Crippen molar-refractivity contribution in [2.45, 2.75) is 123 Å². The number of hydrogen-bond acceptors (Lipinski definition) is 2. The maximum Gasteiger partial charge on any atom is 0.0728 e. The molecule has 0 aliphatic heterocycles. The van der Waals surface area contributed by atoms with Gasteiger partial charge >= 0.3 is 0 Å². The number of fused-ring (bicyclic) bond motifs is 5. The Morgan fingerprint density at radius 1 is 0.900 bits per heavy atom. The Morgan fingerprint density at radius 2 is 1.67 bits per heavy atom. The first-order chi connectivity index (χ1) is 14.1. The molecule has 0 amide bonds. The molecule has 0 aromatic rings. The molecule has 2 heteroatoms. The molecular weight excluding hydrogens is 368 g/mol. The second-order valence-corrected chi connectivity index (χ2v) is 13.0.